The Bertz CT molecular complexity index is 635. The van der Waals surface area contributed by atoms with E-state index in [0.717, 1.165) is 24.4 Å². The van der Waals surface area contributed by atoms with Crippen LogP contribution in [0.2, 0.25) is 0 Å². The van der Waals surface area contributed by atoms with Crippen molar-refractivity contribution < 1.29 is 27.4 Å². The average Bonchev–Trinajstić information content (AvgIpc) is 2.54. The maximum Gasteiger partial charge on any atom is 0.416 e. The van der Waals surface area contributed by atoms with E-state index in [-0.39, 0.29) is 17.8 Å². The summed E-state index contributed by atoms with van der Waals surface area (Å²) in [6, 6.07) is 5.78. The highest BCUT2D eigenvalue weighted by Gasteiger charge is 2.30. The minimum Gasteiger partial charge on any atom is -0.385 e. The number of nitriles is 1. The van der Waals surface area contributed by atoms with Crippen molar-refractivity contribution in [3.63, 3.8) is 0 Å². The van der Waals surface area contributed by atoms with Crippen LogP contribution < -0.4 is 10.6 Å². The molecule has 0 aliphatic heterocycles. The monoisotopic (exact) mass is 343 g/mol. The summed E-state index contributed by atoms with van der Waals surface area (Å²) in [5.41, 5.74) is -1.27. The minimum atomic E-state index is -4.52. The van der Waals surface area contributed by atoms with Crippen molar-refractivity contribution in [1.82, 2.24) is 5.32 Å². The summed E-state index contributed by atoms with van der Waals surface area (Å²) >= 11 is 0. The first kappa shape index (κ1) is 19.5. The topological polar surface area (TPSA) is 83.4 Å². The third kappa shape index (κ3) is 5.91. The summed E-state index contributed by atoms with van der Waals surface area (Å²) in [7, 11) is 2.84. The highest BCUT2D eigenvalue weighted by Crippen LogP contribution is 2.30. The van der Waals surface area contributed by atoms with E-state index < -0.39 is 23.9 Å². The first-order valence-electron chi connectivity index (χ1n) is 6.69. The molecule has 0 aromatic heterocycles. The number of rotatable bonds is 7. The molecule has 0 atom stereocenters. The zero-order valence-electron chi connectivity index (χ0n) is 13.0. The lowest BCUT2D eigenvalue weighted by Crippen LogP contribution is -2.27. The first-order valence-corrected chi connectivity index (χ1v) is 6.69. The molecule has 0 aliphatic carbocycles. The number of ether oxygens (including phenoxy) is 2. The molecule has 1 aromatic rings. The van der Waals surface area contributed by atoms with Crippen molar-refractivity contribution in [2.24, 2.45) is 0 Å². The number of methoxy groups -OCH3 is 2. The normalized spacial score (nSPS) is 12.0. The number of hydrogen-bond acceptors (Lipinski definition) is 5. The van der Waals surface area contributed by atoms with Gasteiger partial charge < -0.3 is 20.1 Å². The van der Waals surface area contributed by atoms with Crippen LogP contribution >= 0.6 is 0 Å². The minimum absolute atomic E-state index is 0.0670. The molecule has 0 heterocycles. The van der Waals surface area contributed by atoms with E-state index in [1.54, 1.807) is 6.07 Å². The summed E-state index contributed by atoms with van der Waals surface area (Å²) in [5, 5.41) is 13.9. The zero-order chi connectivity index (χ0) is 18.2. The number of carbonyl (C=O) groups is 1. The summed E-state index contributed by atoms with van der Waals surface area (Å²) < 4.78 is 47.7. The van der Waals surface area contributed by atoms with Gasteiger partial charge in [0, 0.05) is 26.1 Å². The second kappa shape index (κ2) is 8.90. The largest absolute Gasteiger partial charge is 0.416 e. The first-order chi connectivity index (χ1) is 11.3. The standard InChI is InChI=1S/C15H16F3N3O3/c1-23-13(24-2)9-20-8-10(7-19)14(22)21-12-5-3-4-11(6-12)15(16,17)18/h3-6,8,13,20H,9H2,1-2H3,(H,21,22)/b10-8-. The number of benzene rings is 1. The number of nitrogens with one attached hydrogen (secondary N) is 2. The van der Waals surface area contributed by atoms with Crippen LogP contribution in [-0.4, -0.2) is 33.0 Å². The van der Waals surface area contributed by atoms with Gasteiger partial charge in [-0.2, -0.15) is 18.4 Å². The van der Waals surface area contributed by atoms with Gasteiger partial charge in [0.15, 0.2) is 6.29 Å². The average molecular weight is 343 g/mol. The molecular formula is C15H16F3N3O3. The number of alkyl halides is 3. The van der Waals surface area contributed by atoms with Crippen LogP contribution in [0.3, 0.4) is 0 Å². The van der Waals surface area contributed by atoms with E-state index in [1.165, 1.54) is 20.3 Å². The Hall–Kier alpha value is -2.57. The predicted octanol–water partition coefficient (Wildman–Crippen LogP) is 2.26. The highest BCUT2D eigenvalue weighted by atomic mass is 19.4. The Balaban J connectivity index is 2.76. The molecule has 0 radical (unpaired) electrons. The van der Waals surface area contributed by atoms with Gasteiger partial charge in [-0.3, -0.25) is 4.79 Å². The molecule has 9 heteroatoms. The molecule has 1 aromatic carbocycles. The Labute approximate surface area is 136 Å². The van der Waals surface area contributed by atoms with E-state index in [9.17, 15) is 18.0 Å². The van der Waals surface area contributed by atoms with E-state index in [4.69, 9.17) is 14.7 Å². The smallest absolute Gasteiger partial charge is 0.385 e. The molecule has 24 heavy (non-hydrogen) atoms. The molecule has 0 saturated carbocycles. The Morgan fingerprint density at radius 1 is 1.38 bits per heavy atom. The van der Waals surface area contributed by atoms with E-state index in [2.05, 4.69) is 10.6 Å². The van der Waals surface area contributed by atoms with Crippen molar-refractivity contribution in [1.29, 1.82) is 5.26 Å². The molecule has 0 aliphatic rings. The molecule has 0 saturated heterocycles. The highest BCUT2D eigenvalue weighted by molar-refractivity contribution is 6.06. The fourth-order valence-electron chi connectivity index (χ4n) is 1.64. The van der Waals surface area contributed by atoms with Gasteiger partial charge in [0.05, 0.1) is 12.1 Å². The number of nitrogens with zero attached hydrogens (tertiary/aromatic N) is 1. The number of anilines is 1. The van der Waals surface area contributed by atoms with Crippen LogP contribution in [0.4, 0.5) is 18.9 Å². The van der Waals surface area contributed by atoms with Crippen LogP contribution in [0, 0.1) is 11.3 Å². The van der Waals surface area contributed by atoms with Gasteiger partial charge in [-0.1, -0.05) is 6.07 Å². The molecule has 1 rings (SSSR count). The lowest BCUT2D eigenvalue weighted by atomic mass is 10.2. The van der Waals surface area contributed by atoms with Gasteiger partial charge in [0.1, 0.15) is 11.6 Å². The fourth-order valence-corrected chi connectivity index (χ4v) is 1.64. The second-order valence-electron chi connectivity index (χ2n) is 4.51. The summed E-state index contributed by atoms with van der Waals surface area (Å²) in [6.45, 7) is 0.176. The van der Waals surface area contributed by atoms with Crippen molar-refractivity contribution >= 4 is 11.6 Å². The predicted molar refractivity (Wildman–Crippen MR) is 79.6 cm³/mol. The number of halogens is 3. The maximum atomic E-state index is 12.6. The van der Waals surface area contributed by atoms with Crippen LogP contribution in [0.1, 0.15) is 5.56 Å². The quantitative estimate of drug-likeness (QED) is 0.451. The Morgan fingerprint density at radius 3 is 2.58 bits per heavy atom. The third-order valence-corrected chi connectivity index (χ3v) is 2.87. The molecular weight excluding hydrogens is 327 g/mol. The summed E-state index contributed by atoms with van der Waals surface area (Å²) in [6.07, 6.45) is -3.97. The van der Waals surface area contributed by atoms with Crippen molar-refractivity contribution in [3.05, 3.63) is 41.6 Å². The number of hydrogen-bond donors (Lipinski definition) is 2. The molecule has 6 nitrogen and oxygen atoms in total. The number of carbonyl (C=O) groups excluding carboxylic acids is 1. The van der Waals surface area contributed by atoms with Gasteiger partial charge in [0.2, 0.25) is 0 Å². The van der Waals surface area contributed by atoms with Crippen LogP contribution in [0.25, 0.3) is 0 Å². The lowest BCUT2D eigenvalue weighted by molar-refractivity contribution is -0.137. The van der Waals surface area contributed by atoms with Crippen LogP contribution in [0.15, 0.2) is 36.0 Å². The molecule has 0 spiro atoms. The molecule has 130 valence electrons. The van der Waals surface area contributed by atoms with Crippen LogP contribution in [0.5, 0.6) is 0 Å². The summed E-state index contributed by atoms with van der Waals surface area (Å²) in [5.74, 6) is -0.837. The van der Waals surface area contributed by atoms with Crippen LogP contribution in [-0.2, 0) is 20.4 Å². The van der Waals surface area contributed by atoms with E-state index in [0.29, 0.717) is 0 Å². The Morgan fingerprint density at radius 2 is 2.04 bits per heavy atom. The molecule has 1 amide bonds. The zero-order valence-corrected chi connectivity index (χ0v) is 13.0. The van der Waals surface area contributed by atoms with Gasteiger partial charge in [-0.15, -0.1) is 0 Å². The molecule has 0 fully saturated rings. The van der Waals surface area contributed by atoms with E-state index >= 15 is 0 Å². The third-order valence-electron chi connectivity index (χ3n) is 2.87. The second-order valence-corrected chi connectivity index (χ2v) is 4.51. The van der Waals surface area contributed by atoms with Gasteiger partial charge in [-0.25, -0.2) is 0 Å². The maximum absolute atomic E-state index is 12.6. The van der Waals surface area contributed by atoms with Crippen molar-refractivity contribution in [2.75, 3.05) is 26.1 Å². The number of amides is 1. The molecule has 0 unspecified atom stereocenters. The lowest BCUT2D eigenvalue weighted by Gasteiger charge is -2.13. The van der Waals surface area contributed by atoms with Gasteiger partial charge in [-0.05, 0) is 18.2 Å². The Kier molecular flexibility index (Phi) is 7.23. The van der Waals surface area contributed by atoms with Gasteiger partial charge in [0.25, 0.3) is 5.91 Å². The van der Waals surface area contributed by atoms with Gasteiger partial charge >= 0.3 is 6.18 Å². The molecule has 0 bridgehead atoms. The van der Waals surface area contributed by atoms with Crippen molar-refractivity contribution in [3.8, 4) is 6.07 Å². The summed E-state index contributed by atoms with van der Waals surface area (Å²) in [4.78, 5) is 11.9. The fraction of sp³-hybridized carbons (Fsp3) is 0.333. The van der Waals surface area contributed by atoms with Crippen molar-refractivity contribution in [2.45, 2.75) is 12.5 Å². The van der Waals surface area contributed by atoms with E-state index in [1.807, 2.05) is 0 Å². The SMILES string of the molecule is COC(CN/C=C(/C#N)C(=O)Nc1cccc(C(F)(F)F)c1)OC. The molecule has 2 N–H and O–H groups in total.